The van der Waals surface area contributed by atoms with Crippen LogP contribution in [0, 0.1) is 0 Å². The number of H-pyrrole nitrogens is 1. The molecular weight excluding hydrogens is 327 g/mol. The zero-order valence-corrected chi connectivity index (χ0v) is 12.9. The summed E-state index contributed by atoms with van der Waals surface area (Å²) >= 11 is 0. The van der Waals surface area contributed by atoms with Gasteiger partial charge in [-0.2, -0.15) is 13.2 Å². The molecule has 1 aliphatic heterocycles. The Morgan fingerprint density at radius 3 is 2.54 bits per heavy atom. The van der Waals surface area contributed by atoms with Gasteiger partial charge in [0.25, 0.3) is 11.7 Å². The van der Waals surface area contributed by atoms with Crippen LogP contribution < -0.4 is 25.4 Å². The molecule has 1 saturated heterocycles. The summed E-state index contributed by atoms with van der Waals surface area (Å²) in [7, 11) is 0. The number of alkyl halides is 3. The van der Waals surface area contributed by atoms with E-state index in [0.717, 1.165) is 23.8 Å². The molecular formula is C14H20F3N5O2+2. The first-order chi connectivity index (χ1) is 11.3. The molecule has 7 nitrogen and oxygen atoms in total. The number of urea groups is 1. The summed E-state index contributed by atoms with van der Waals surface area (Å²) < 4.78 is 35.9. The second-order valence-electron chi connectivity index (χ2n) is 5.51. The van der Waals surface area contributed by atoms with Crippen LogP contribution in [-0.2, 0) is 4.79 Å². The Hall–Kier alpha value is -2.36. The third kappa shape index (κ3) is 6.03. The quantitative estimate of drug-likeness (QED) is 0.626. The minimum absolute atomic E-state index is 0.0474. The molecule has 1 aromatic heterocycles. The van der Waals surface area contributed by atoms with E-state index >= 15 is 0 Å². The summed E-state index contributed by atoms with van der Waals surface area (Å²) in [6.45, 7) is 1.45. The number of nitrogens with zero attached hydrogens (tertiary/aromatic N) is 1. The predicted molar refractivity (Wildman–Crippen MR) is 78.4 cm³/mol. The fraction of sp³-hybridized carbons (Fsp3) is 0.500. The van der Waals surface area contributed by atoms with Crippen LogP contribution in [0.15, 0.2) is 24.4 Å². The highest BCUT2D eigenvalue weighted by molar-refractivity contribution is 5.94. The molecule has 1 aromatic rings. The molecule has 10 heteroatoms. The van der Waals surface area contributed by atoms with Crippen molar-refractivity contribution in [2.75, 3.05) is 44.2 Å². The number of rotatable bonds is 4. The maximum absolute atomic E-state index is 12.0. The van der Waals surface area contributed by atoms with Crippen LogP contribution in [0.3, 0.4) is 0 Å². The zero-order chi connectivity index (χ0) is 17.6. The third-order valence-corrected chi connectivity index (χ3v) is 3.62. The second kappa shape index (κ2) is 7.95. The van der Waals surface area contributed by atoms with Gasteiger partial charge in [-0.25, -0.2) is 9.78 Å². The van der Waals surface area contributed by atoms with Gasteiger partial charge in [0.2, 0.25) is 0 Å². The molecule has 0 bridgehead atoms. The standard InChI is InChI=1S/C14H18F3N5O2/c15-14(16,17)10-19-13(24)20-12(23)9-21-5-7-22(8-6-21)11-3-1-2-4-18-11/h1-4H,5-10H2,(H2,19,20,23,24)/p+2. The highest BCUT2D eigenvalue weighted by Gasteiger charge is 2.29. The molecule has 0 spiro atoms. The van der Waals surface area contributed by atoms with Crippen LogP contribution in [0.1, 0.15) is 0 Å². The molecule has 0 atom stereocenters. The number of carbonyl (C=O) groups is 2. The van der Waals surface area contributed by atoms with E-state index in [0.29, 0.717) is 13.1 Å². The Bertz CT molecular complexity index is 559. The summed E-state index contributed by atoms with van der Waals surface area (Å²) in [5.41, 5.74) is 0. The monoisotopic (exact) mass is 347 g/mol. The molecule has 0 aliphatic carbocycles. The average molecular weight is 347 g/mol. The number of quaternary nitrogens is 1. The number of nitrogens with one attached hydrogen (secondary N) is 4. The zero-order valence-electron chi connectivity index (χ0n) is 12.9. The minimum Gasteiger partial charge on any atom is -0.329 e. The molecule has 2 heterocycles. The molecule has 1 fully saturated rings. The van der Waals surface area contributed by atoms with Crippen LogP contribution in [0.2, 0.25) is 0 Å². The van der Waals surface area contributed by atoms with Crippen molar-refractivity contribution in [3.63, 3.8) is 0 Å². The van der Waals surface area contributed by atoms with Crippen molar-refractivity contribution in [2.45, 2.75) is 6.18 Å². The van der Waals surface area contributed by atoms with Crippen molar-refractivity contribution in [1.29, 1.82) is 0 Å². The first-order valence-corrected chi connectivity index (χ1v) is 7.53. The van der Waals surface area contributed by atoms with E-state index in [1.165, 1.54) is 0 Å². The van der Waals surface area contributed by atoms with Gasteiger partial charge in [-0.1, -0.05) is 6.07 Å². The van der Waals surface area contributed by atoms with Crippen molar-refractivity contribution < 1.29 is 32.6 Å². The van der Waals surface area contributed by atoms with Gasteiger partial charge in [0.1, 0.15) is 32.7 Å². The topological polar surface area (TPSA) is 80.0 Å². The average Bonchev–Trinajstić information content (AvgIpc) is 2.54. The first-order valence-electron chi connectivity index (χ1n) is 7.53. The molecule has 0 aromatic carbocycles. The maximum atomic E-state index is 12.0. The van der Waals surface area contributed by atoms with E-state index in [1.54, 1.807) is 5.32 Å². The smallest absolute Gasteiger partial charge is 0.329 e. The summed E-state index contributed by atoms with van der Waals surface area (Å²) in [6.07, 6.45) is -2.67. The van der Waals surface area contributed by atoms with Gasteiger partial charge >= 0.3 is 12.2 Å². The highest BCUT2D eigenvalue weighted by atomic mass is 19.4. The predicted octanol–water partition coefficient (Wildman–Crippen LogP) is -1.41. The van der Waals surface area contributed by atoms with Crippen LogP contribution in [0.5, 0.6) is 0 Å². The molecule has 0 saturated carbocycles. The number of anilines is 1. The number of aromatic amines is 1. The van der Waals surface area contributed by atoms with E-state index in [4.69, 9.17) is 0 Å². The van der Waals surface area contributed by atoms with E-state index in [1.807, 2.05) is 29.7 Å². The second-order valence-corrected chi connectivity index (χ2v) is 5.51. The van der Waals surface area contributed by atoms with Crippen molar-refractivity contribution >= 4 is 17.8 Å². The van der Waals surface area contributed by atoms with Gasteiger partial charge in [0.05, 0.1) is 6.20 Å². The van der Waals surface area contributed by atoms with Crippen molar-refractivity contribution in [1.82, 2.24) is 10.6 Å². The van der Waals surface area contributed by atoms with Gasteiger partial charge in [0.15, 0.2) is 6.54 Å². The lowest BCUT2D eigenvalue weighted by atomic mass is 10.3. The molecule has 4 N–H and O–H groups in total. The number of aromatic nitrogens is 1. The lowest BCUT2D eigenvalue weighted by Crippen LogP contribution is -3.16. The molecule has 132 valence electrons. The van der Waals surface area contributed by atoms with Crippen molar-refractivity contribution in [2.24, 2.45) is 0 Å². The normalized spacial score (nSPS) is 15.9. The number of halogens is 3. The number of carbonyl (C=O) groups excluding carboxylic acids is 2. The molecule has 24 heavy (non-hydrogen) atoms. The fourth-order valence-electron chi connectivity index (χ4n) is 2.44. The largest absolute Gasteiger partial charge is 0.405 e. The number of hydrogen-bond acceptors (Lipinski definition) is 3. The Kier molecular flexibility index (Phi) is 5.96. The fourth-order valence-corrected chi connectivity index (χ4v) is 2.44. The van der Waals surface area contributed by atoms with Crippen LogP contribution in [-0.4, -0.2) is 57.4 Å². The number of hydrogen-bond donors (Lipinski definition) is 3. The number of pyridine rings is 1. The third-order valence-electron chi connectivity index (χ3n) is 3.62. The van der Waals surface area contributed by atoms with Gasteiger partial charge < -0.3 is 10.2 Å². The first kappa shape index (κ1) is 18.0. The van der Waals surface area contributed by atoms with Crippen LogP contribution in [0.4, 0.5) is 23.8 Å². The molecule has 3 amide bonds. The van der Waals surface area contributed by atoms with Gasteiger partial charge in [-0.15, -0.1) is 0 Å². The van der Waals surface area contributed by atoms with Crippen LogP contribution >= 0.6 is 0 Å². The molecule has 0 radical (unpaired) electrons. The summed E-state index contributed by atoms with van der Waals surface area (Å²) in [4.78, 5) is 29.2. The highest BCUT2D eigenvalue weighted by Crippen LogP contribution is 2.11. The molecule has 1 aliphatic rings. The van der Waals surface area contributed by atoms with Crippen molar-refractivity contribution in [3.8, 4) is 0 Å². The lowest BCUT2D eigenvalue weighted by Gasteiger charge is -2.27. The summed E-state index contributed by atoms with van der Waals surface area (Å²) in [5.74, 6) is 0.400. The Morgan fingerprint density at radius 1 is 1.25 bits per heavy atom. The minimum atomic E-state index is -4.50. The van der Waals surface area contributed by atoms with Gasteiger partial charge in [-0.05, 0) is 6.07 Å². The number of piperazine rings is 1. The number of imide groups is 1. The summed E-state index contributed by atoms with van der Waals surface area (Å²) in [6, 6.07) is 4.65. The van der Waals surface area contributed by atoms with E-state index in [-0.39, 0.29) is 6.54 Å². The Morgan fingerprint density at radius 2 is 1.96 bits per heavy atom. The van der Waals surface area contributed by atoms with E-state index < -0.39 is 24.7 Å². The van der Waals surface area contributed by atoms with Gasteiger partial charge in [0, 0.05) is 6.07 Å². The van der Waals surface area contributed by atoms with Crippen LogP contribution in [0.25, 0.3) is 0 Å². The Labute approximate surface area is 136 Å². The Balaban J connectivity index is 1.69. The van der Waals surface area contributed by atoms with E-state index in [9.17, 15) is 22.8 Å². The van der Waals surface area contributed by atoms with Crippen molar-refractivity contribution in [3.05, 3.63) is 24.4 Å². The maximum Gasteiger partial charge on any atom is 0.405 e. The lowest BCUT2D eigenvalue weighted by molar-refractivity contribution is -0.892. The SMILES string of the molecule is O=C(C[NH+]1CCN(c2cccc[nH+]2)CC1)NC(=O)NCC(F)(F)F. The molecule has 2 rings (SSSR count). The van der Waals surface area contributed by atoms with E-state index in [2.05, 4.69) is 9.88 Å². The number of amides is 3. The molecule has 0 unspecified atom stereocenters. The summed E-state index contributed by atoms with van der Waals surface area (Å²) in [5, 5.41) is 3.51. The van der Waals surface area contributed by atoms with Gasteiger partial charge in [-0.3, -0.25) is 15.0 Å².